The molecule has 1 fully saturated rings. The third-order valence-electron chi connectivity index (χ3n) is 2.83. The second kappa shape index (κ2) is 9.74. The van der Waals surface area contributed by atoms with Gasteiger partial charge >= 0.3 is 0 Å². The number of ether oxygens (including phenoxy) is 1. The van der Waals surface area contributed by atoms with Gasteiger partial charge in [-0.3, -0.25) is 4.79 Å². The molecule has 0 spiro atoms. The van der Waals surface area contributed by atoms with Gasteiger partial charge in [0, 0.05) is 25.5 Å². The van der Waals surface area contributed by atoms with Gasteiger partial charge in [-0.1, -0.05) is 0 Å². The molecule has 0 unspecified atom stereocenters. The van der Waals surface area contributed by atoms with Crippen LogP contribution in [0.15, 0.2) is 0 Å². The molecule has 4 nitrogen and oxygen atoms in total. The number of thioether (sulfide) groups is 1. The molecule has 1 heterocycles. The van der Waals surface area contributed by atoms with Gasteiger partial charge in [0.05, 0.1) is 5.75 Å². The van der Waals surface area contributed by atoms with Gasteiger partial charge < -0.3 is 15.4 Å². The highest BCUT2D eigenvalue weighted by Crippen LogP contribution is 2.19. The Bertz CT molecular complexity index is 209. The van der Waals surface area contributed by atoms with Gasteiger partial charge in [-0.15, -0.1) is 11.8 Å². The molecule has 0 aliphatic carbocycles. The fraction of sp³-hybridized carbons (Fsp3) is 0.917. The smallest absolute Gasteiger partial charge is 0.230 e. The van der Waals surface area contributed by atoms with E-state index in [1.807, 2.05) is 0 Å². The van der Waals surface area contributed by atoms with Crippen molar-refractivity contribution in [3.8, 4) is 0 Å². The average Bonchev–Trinajstić information content (AvgIpc) is 2.37. The molecule has 100 valence electrons. The quantitative estimate of drug-likeness (QED) is 0.640. The summed E-state index contributed by atoms with van der Waals surface area (Å²) in [7, 11) is 1.70. The zero-order valence-electron chi connectivity index (χ0n) is 10.7. The summed E-state index contributed by atoms with van der Waals surface area (Å²) in [6.45, 7) is 3.74. The Morgan fingerprint density at radius 1 is 1.41 bits per heavy atom. The number of amides is 1. The lowest BCUT2D eigenvalue weighted by molar-refractivity contribution is -0.118. The molecule has 0 aromatic heterocycles. The maximum Gasteiger partial charge on any atom is 0.230 e. The van der Waals surface area contributed by atoms with Crippen LogP contribution in [0.4, 0.5) is 0 Å². The Hall–Kier alpha value is -0.260. The van der Waals surface area contributed by atoms with E-state index in [0.717, 1.165) is 39.1 Å². The summed E-state index contributed by atoms with van der Waals surface area (Å²) < 4.78 is 4.95. The van der Waals surface area contributed by atoms with E-state index in [4.69, 9.17) is 4.74 Å². The number of carbonyl (C=O) groups excluding carboxylic acids is 1. The second-order valence-corrected chi connectivity index (χ2v) is 5.60. The number of carbonyl (C=O) groups is 1. The zero-order chi connectivity index (χ0) is 12.3. The molecule has 1 aliphatic heterocycles. The summed E-state index contributed by atoms with van der Waals surface area (Å²) in [5.74, 6) is 0.778. The number of unbranched alkanes of at least 4 members (excludes halogenated alkanes) is 1. The third-order valence-corrected chi connectivity index (χ3v) is 4.21. The number of hydrogen-bond donors (Lipinski definition) is 2. The molecule has 0 atom stereocenters. The summed E-state index contributed by atoms with van der Waals surface area (Å²) >= 11 is 1.80. The molecule has 1 aliphatic rings. The standard InChI is InChI=1S/C12H24N2O2S/c1-16-9-3-2-6-14-12(15)10-17-11-4-7-13-8-5-11/h11,13H,2-10H2,1H3,(H,14,15). The summed E-state index contributed by atoms with van der Waals surface area (Å²) in [4.78, 5) is 11.5. The van der Waals surface area contributed by atoms with Crippen molar-refractivity contribution in [3.63, 3.8) is 0 Å². The molecule has 0 aromatic carbocycles. The van der Waals surface area contributed by atoms with Crippen LogP contribution in [0.5, 0.6) is 0 Å². The highest BCUT2D eigenvalue weighted by Gasteiger charge is 2.14. The zero-order valence-corrected chi connectivity index (χ0v) is 11.5. The summed E-state index contributed by atoms with van der Waals surface area (Å²) in [6.07, 6.45) is 4.38. The lowest BCUT2D eigenvalue weighted by Gasteiger charge is -2.21. The molecule has 5 heteroatoms. The van der Waals surface area contributed by atoms with E-state index in [0.29, 0.717) is 11.0 Å². The minimum Gasteiger partial charge on any atom is -0.385 e. The van der Waals surface area contributed by atoms with Crippen molar-refractivity contribution in [3.05, 3.63) is 0 Å². The number of piperidine rings is 1. The van der Waals surface area contributed by atoms with Gasteiger partial charge in [0.1, 0.15) is 0 Å². The van der Waals surface area contributed by atoms with Crippen LogP contribution in [0.3, 0.4) is 0 Å². The second-order valence-electron chi connectivity index (χ2n) is 4.31. The molecule has 1 saturated heterocycles. The first-order valence-corrected chi connectivity index (χ1v) is 7.45. The van der Waals surface area contributed by atoms with Crippen molar-refractivity contribution in [2.45, 2.75) is 30.9 Å². The van der Waals surface area contributed by atoms with Crippen LogP contribution < -0.4 is 10.6 Å². The van der Waals surface area contributed by atoms with E-state index in [2.05, 4.69) is 10.6 Å². The van der Waals surface area contributed by atoms with Crippen LogP contribution in [0.2, 0.25) is 0 Å². The first kappa shape index (κ1) is 14.8. The maximum atomic E-state index is 11.5. The number of rotatable bonds is 8. The highest BCUT2D eigenvalue weighted by atomic mass is 32.2. The van der Waals surface area contributed by atoms with Crippen molar-refractivity contribution in [2.24, 2.45) is 0 Å². The van der Waals surface area contributed by atoms with Crippen molar-refractivity contribution >= 4 is 17.7 Å². The van der Waals surface area contributed by atoms with Crippen molar-refractivity contribution in [1.82, 2.24) is 10.6 Å². The van der Waals surface area contributed by atoms with Crippen LogP contribution in [-0.2, 0) is 9.53 Å². The van der Waals surface area contributed by atoms with Gasteiger partial charge in [0.2, 0.25) is 5.91 Å². The van der Waals surface area contributed by atoms with Crippen LogP contribution in [0.1, 0.15) is 25.7 Å². The molecule has 0 saturated carbocycles. The molecular weight excluding hydrogens is 236 g/mol. The van der Waals surface area contributed by atoms with Gasteiger partial charge in [0.15, 0.2) is 0 Å². The Labute approximate surface area is 108 Å². The minimum absolute atomic E-state index is 0.172. The predicted molar refractivity (Wildman–Crippen MR) is 72.5 cm³/mol. The molecule has 0 radical (unpaired) electrons. The normalized spacial score (nSPS) is 17.0. The van der Waals surface area contributed by atoms with E-state index >= 15 is 0 Å². The molecule has 1 amide bonds. The lowest BCUT2D eigenvalue weighted by Crippen LogP contribution is -2.31. The largest absolute Gasteiger partial charge is 0.385 e. The first-order chi connectivity index (χ1) is 8.33. The molecular formula is C12H24N2O2S. The number of methoxy groups -OCH3 is 1. The van der Waals surface area contributed by atoms with Crippen LogP contribution in [0, 0.1) is 0 Å². The van der Waals surface area contributed by atoms with Crippen molar-refractivity contribution < 1.29 is 9.53 Å². The van der Waals surface area contributed by atoms with Crippen molar-refractivity contribution in [1.29, 1.82) is 0 Å². The van der Waals surface area contributed by atoms with Crippen molar-refractivity contribution in [2.75, 3.05) is 39.1 Å². The lowest BCUT2D eigenvalue weighted by atomic mass is 10.2. The van der Waals surface area contributed by atoms with E-state index < -0.39 is 0 Å². The van der Waals surface area contributed by atoms with E-state index in [1.54, 1.807) is 18.9 Å². The summed E-state index contributed by atoms with van der Waals surface area (Å²) in [5.41, 5.74) is 0. The summed E-state index contributed by atoms with van der Waals surface area (Å²) in [6, 6.07) is 0. The third kappa shape index (κ3) is 7.63. The topological polar surface area (TPSA) is 50.4 Å². The van der Waals surface area contributed by atoms with Crippen LogP contribution in [0.25, 0.3) is 0 Å². The van der Waals surface area contributed by atoms with Gasteiger partial charge in [0.25, 0.3) is 0 Å². The SMILES string of the molecule is COCCCCNC(=O)CSC1CCNCC1. The monoisotopic (exact) mass is 260 g/mol. The first-order valence-electron chi connectivity index (χ1n) is 6.41. The van der Waals surface area contributed by atoms with Gasteiger partial charge in [-0.2, -0.15) is 0 Å². The number of nitrogens with one attached hydrogen (secondary N) is 2. The van der Waals surface area contributed by atoms with Crippen LogP contribution in [-0.4, -0.2) is 50.3 Å². The molecule has 1 rings (SSSR count). The maximum absolute atomic E-state index is 11.5. The van der Waals surface area contributed by atoms with E-state index in [-0.39, 0.29) is 5.91 Å². The van der Waals surface area contributed by atoms with E-state index in [9.17, 15) is 4.79 Å². The fourth-order valence-electron chi connectivity index (χ4n) is 1.81. The molecule has 0 aromatic rings. The molecule has 2 N–H and O–H groups in total. The number of hydrogen-bond acceptors (Lipinski definition) is 4. The summed E-state index contributed by atoms with van der Waals surface area (Å²) in [5, 5.41) is 6.94. The predicted octanol–water partition coefficient (Wildman–Crippen LogP) is 1.01. The van der Waals surface area contributed by atoms with Gasteiger partial charge in [-0.05, 0) is 38.8 Å². The Morgan fingerprint density at radius 2 is 2.18 bits per heavy atom. The Kier molecular flexibility index (Phi) is 8.48. The Balaban J connectivity index is 1.93. The van der Waals surface area contributed by atoms with E-state index in [1.165, 1.54) is 12.8 Å². The van der Waals surface area contributed by atoms with Crippen LogP contribution >= 0.6 is 11.8 Å². The van der Waals surface area contributed by atoms with Gasteiger partial charge in [-0.25, -0.2) is 0 Å². The minimum atomic E-state index is 0.172. The highest BCUT2D eigenvalue weighted by molar-refractivity contribution is 8.00. The molecule has 17 heavy (non-hydrogen) atoms. The fourth-order valence-corrected chi connectivity index (χ4v) is 2.86. The molecule has 0 bridgehead atoms. The average molecular weight is 260 g/mol. The Morgan fingerprint density at radius 3 is 2.88 bits per heavy atom.